The molecule has 1 aliphatic carbocycles. The lowest BCUT2D eigenvalue weighted by atomic mass is 10.3. The van der Waals surface area contributed by atoms with E-state index < -0.39 is 0 Å². The van der Waals surface area contributed by atoms with E-state index in [1.165, 1.54) is 0 Å². The molecule has 1 fully saturated rings. The Morgan fingerprint density at radius 2 is 2.62 bits per heavy atom. The molecule has 1 aliphatic heterocycles. The molecule has 0 aromatic rings. The molecule has 0 N–H and O–H groups in total. The number of fused-ring (bicyclic) bond motifs is 1. The van der Waals surface area contributed by atoms with E-state index in [1.807, 2.05) is 0 Å². The van der Waals surface area contributed by atoms with Gasteiger partial charge in [-0.25, -0.2) is 0 Å². The van der Waals surface area contributed by atoms with Gasteiger partial charge in [0.15, 0.2) is 0 Å². The van der Waals surface area contributed by atoms with Crippen molar-refractivity contribution >= 4 is 22.1 Å². The van der Waals surface area contributed by atoms with Crippen LogP contribution in [0.1, 0.15) is 6.92 Å². The summed E-state index contributed by atoms with van der Waals surface area (Å²) < 4.78 is 0.425. The highest BCUT2D eigenvalue weighted by molar-refractivity contribution is 9.10. The van der Waals surface area contributed by atoms with Gasteiger partial charge in [0, 0.05) is 28.9 Å². The summed E-state index contributed by atoms with van der Waals surface area (Å²) in [5.74, 6) is 1.57. The summed E-state index contributed by atoms with van der Waals surface area (Å²) in [6, 6.07) is 0. The van der Waals surface area contributed by atoms with Crippen LogP contribution in [0.2, 0.25) is 0 Å². The Bertz CT molecular complexity index is 151. The number of rotatable bonds is 0. The molecule has 3 atom stereocenters. The number of aliphatic imine (C=N–C) groups is 1. The lowest BCUT2D eigenvalue weighted by Crippen LogP contribution is -1.99. The van der Waals surface area contributed by atoms with Crippen LogP contribution < -0.4 is 0 Å². The number of hydrogen-bond acceptors (Lipinski definition) is 1. The van der Waals surface area contributed by atoms with Crippen molar-refractivity contribution in [3.05, 3.63) is 0 Å². The fourth-order valence-electron chi connectivity index (χ4n) is 1.43. The monoisotopic (exact) mass is 173 g/mol. The van der Waals surface area contributed by atoms with Gasteiger partial charge in [-0.2, -0.15) is 0 Å². The van der Waals surface area contributed by atoms with Gasteiger partial charge in [0.25, 0.3) is 0 Å². The summed E-state index contributed by atoms with van der Waals surface area (Å²) in [4.78, 5) is 4.15. The van der Waals surface area contributed by atoms with Gasteiger partial charge in [0.1, 0.15) is 0 Å². The van der Waals surface area contributed by atoms with Gasteiger partial charge in [-0.05, 0) is 6.92 Å². The van der Waals surface area contributed by atoms with Gasteiger partial charge in [-0.15, -0.1) is 0 Å². The van der Waals surface area contributed by atoms with E-state index >= 15 is 0 Å². The molecule has 0 bridgehead atoms. The zero-order valence-corrected chi connectivity index (χ0v) is 6.35. The van der Waals surface area contributed by atoms with E-state index in [0.717, 1.165) is 18.4 Å². The van der Waals surface area contributed by atoms with Crippen LogP contribution in [0, 0.1) is 11.8 Å². The molecule has 1 unspecified atom stereocenters. The Kier molecular flexibility index (Phi) is 0.733. The van der Waals surface area contributed by atoms with E-state index in [-0.39, 0.29) is 0 Å². The van der Waals surface area contributed by atoms with Crippen molar-refractivity contribution in [1.29, 1.82) is 0 Å². The van der Waals surface area contributed by atoms with E-state index in [0.29, 0.717) is 4.32 Å². The molecule has 1 saturated carbocycles. The molecule has 0 aromatic heterocycles. The minimum atomic E-state index is 0.425. The SMILES string of the molecule is CC1(Br)[C@@H]2C=NC[C@@H]21. The molecule has 8 heavy (non-hydrogen) atoms. The van der Waals surface area contributed by atoms with Crippen LogP contribution in [0.25, 0.3) is 0 Å². The lowest BCUT2D eigenvalue weighted by molar-refractivity contribution is 0.810. The summed E-state index contributed by atoms with van der Waals surface area (Å²) in [5, 5.41) is 0. The summed E-state index contributed by atoms with van der Waals surface area (Å²) >= 11 is 3.64. The molecular formula is C6H8BrN. The van der Waals surface area contributed by atoms with E-state index in [2.05, 4.69) is 34.1 Å². The molecule has 44 valence electrons. The highest BCUT2D eigenvalue weighted by atomic mass is 79.9. The van der Waals surface area contributed by atoms with Crippen molar-refractivity contribution in [2.45, 2.75) is 11.2 Å². The first-order valence-corrected chi connectivity index (χ1v) is 3.71. The van der Waals surface area contributed by atoms with Gasteiger partial charge in [-0.1, -0.05) is 15.9 Å². The third kappa shape index (κ3) is 0.402. The number of nitrogens with zero attached hydrogens (tertiary/aromatic N) is 1. The number of hydrogen-bond donors (Lipinski definition) is 0. The Hall–Kier alpha value is 0.150. The highest BCUT2D eigenvalue weighted by Gasteiger charge is 2.60. The van der Waals surface area contributed by atoms with Gasteiger partial charge in [-0.3, -0.25) is 4.99 Å². The van der Waals surface area contributed by atoms with Gasteiger partial charge >= 0.3 is 0 Å². The van der Waals surface area contributed by atoms with Crippen LogP contribution in [0.5, 0.6) is 0 Å². The second-order valence-electron chi connectivity index (χ2n) is 2.80. The lowest BCUT2D eigenvalue weighted by Gasteiger charge is -1.97. The molecule has 0 radical (unpaired) electrons. The maximum atomic E-state index is 4.15. The molecule has 2 aliphatic rings. The van der Waals surface area contributed by atoms with Crippen molar-refractivity contribution in [3.63, 3.8) is 0 Å². The van der Waals surface area contributed by atoms with Gasteiger partial charge in [0.2, 0.25) is 0 Å². The largest absolute Gasteiger partial charge is 0.297 e. The number of alkyl halides is 1. The van der Waals surface area contributed by atoms with Crippen LogP contribution >= 0.6 is 15.9 Å². The summed E-state index contributed by atoms with van der Waals surface area (Å²) in [5.41, 5.74) is 0. The molecule has 0 spiro atoms. The van der Waals surface area contributed by atoms with Crippen LogP contribution in [0.3, 0.4) is 0 Å². The van der Waals surface area contributed by atoms with Crippen LogP contribution in [0.15, 0.2) is 4.99 Å². The van der Waals surface area contributed by atoms with Crippen molar-refractivity contribution in [3.8, 4) is 0 Å². The Balaban J connectivity index is 2.24. The van der Waals surface area contributed by atoms with Gasteiger partial charge in [0.05, 0.1) is 0 Å². The van der Waals surface area contributed by atoms with Gasteiger partial charge < -0.3 is 0 Å². The second kappa shape index (κ2) is 1.18. The van der Waals surface area contributed by atoms with E-state index in [1.54, 1.807) is 0 Å². The quantitative estimate of drug-likeness (QED) is 0.493. The van der Waals surface area contributed by atoms with Crippen molar-refractivity contribution < 1.29 is 0 Å². The van der Waals surface area contributed by atoms with Crippen LogP contribution in [-0.2, 0) is 0 Å². The van der Waals surface area contributed by atoms with Crippen LogP contribution in [-0.4, -0.2) is 17.1 Å². The Labute approximate surface area is 57.3 Å². The topological polar surface area (TPSA) is 12.4 Å². The first kappa shape index (κ1) is 4.98. The molecule has 1 heterocycles. The summed E-state index contributed by atoms with van der Waals surface area (Å²) in [6.07, 6.45) is 2.08. The first-order chi connectivity index (χ1) is 3.73. The molecule has 0 amide bonds. The molecule has 0 saturated heterocycles. The van der Waals surface area contributed by atoms with E-state index in [4.69, 9.17) is 0 Å². The molecule has 0 aromatic carbocycles. The Morgan fingerprint density at radius 1 is 1.88 bits per heavy atom. The summed E-state index contributed by atoms with van der Waals surface area (Å²) in [7, 11) is 0. The standard InChI is InChI=1S/C6H8BrN/c1-6(7)4-2-8-3-5(4)6/h2,4-5H,3H2,1H3/t4-,5+,6?/m1/s1. The average Bonchev–Trinajstić information content (AvgIpc) is 2.22. The van der Waals surface area contributed by atoms with Crippen molar-refractivity contribution in [2.24, 2.45) is 16.8 Å². The normalized spacial score (nSPS) is 58.8. The minimum Gasteiger partial charge on any atom is -0.297 e. The third-order valence-corrected chi connectivity index (χ3v) is 3.39. The second-order valence-corrected chi connectivity index (χ2v) is 4.51. The highest BCUT2D eigenvalue weighted by Crippen LogP contribution is 2.58. The third-order valence-electron chi connectivity index (χ3n) is 2.27. The fraction of sp³-hybridized carbons (Fsp3) is 0.833. The maximum Gasteiger partial charge on any atom is 0.0434 e. The Morgan fingerprint density at radius 3 is 2.88 bits per heavy atom. The number of halogens is 1. The smallest absolute Gasteiger partial charge is 0.0434 e. The minimum absolute atomic E-state index is 0.425. The van der Waals surface area contributed by atoms with Crippen LogP contribution in [0.4, 0.5) is 0 Å². The molecule has 1 nitrogen and oxygen atoms in total. The average molecular weight is 174 g/mol. The maximum absolute atomic E-state index is 4.15. The zero-order chi connectivity index (χ0) is 5.78. The fourth-order valence-corrected chi connectivity index (χ4v) is 2.17. The van der Waals surface area contributed by atoms with Crippen molar-refractivity contribution in [2.75, 3.05) is 6.54 Å². The predicted molar refractivity (Wildman–Crippen MR) is 37.7 cm³/mol. The first-order valence-electron chi connectivity index (χ1n) is 2.92. The zero-order valence-electron chi connectivity index (χ0n) is 4.76. The molecule has 2 rings (SSSR count). The molecule has 2 heteroatoms. The summed E-state index contributed by atoms with van der Waals surface area (Å²) in [6.45, 7) is 3.29. The predicted octanol–water partition coefficient (Wildman–Crippen LogP) is 1.47. The van der Waals surface area contributed by atoms with Crippen molar-refractivity contribution in [1.82, 2.24) is 0 Å². The molecular weight excluding hydrogens is 166 g/mol. The van der Waals surface area contributed by atoms with E-state index in [9.17, 15) is 0 Å².